The second-order valence-electron chi connectivity index (χ2n) is 3.75. The van der Waals surface area contributed by atoms with E-state index in [9.17, 15) is 4.79 Å². The van der Waals surface area contributed by atoms with Crippen molar-refractivity contribution in [2.24, 2.45) is 0 Å². The van der Waals surface area contributed by atoms with E-state index < -0.39 is 6.04 Å². The molecule has 1 atom stereocenters. The summed E-state index contributed by atoms with van der Waals surface area (Å²) in [5.41, 5.74) is 0. The normalized spacial score (nSPS) is 11.8. The first-order valence-corrected chi connectivity index (χ1v) is 5.48. The van der Waals surface area contributed by atoms with Gasteiger partial charge in [-0.2, -0.15) is 4.98 Å². The molecule has 6 heteroatoms. The van der Waals surface area contributed by atoms with Gasteiger partial charge >= 0.3 is 5.97 Å². The van der Waals surface area contributed by atoms with Crippen molar-refractivity contribution in [2.75, 3.05) is 30.9 Å². The number of anilines is 2. The molecule has 17 heavy (non-hydrogen) atoms. The van der Waals surface area contributed by atoms with E-state index in [4.69, 9.17) is 4.74 Å². The minimum atomic E-state index is -0.431. The van der Waals surface area contributed by atoms with Gasteiger partial charge in [0.1, 0.15) is 11.9 Å². The zero-order valence-electron chi connectivity index (χ0n) is 10.6. The smallest absolute Gasteiger partial charge is 0.328 e. The fourth-order valence-electron chi connectivity index (χ4n) is 1.19. The van der Waals surface area contributed by atoms with Gasteiger partial charge in [-0.1, -0.05) is 0 Å². The van der Waals surface area contributed by atoms with Crippen LogP contribution in [0.25, 0.3) is 0 Å². The van der Waals surface area contributed by atoms with Crippen LogP contribution >= 0.6 is 0 Å². The van der Waals surface area contributed by atoms with Gasteiger partial charge in [0.05, 0.1) is 6.61 Å². The maximum atomic E-state index is 11.4. The first-order chi connectivity index (χ1) is 8.04. The Labute approximate surface area is 101 Å². The lowest BCUT2D eigenvalue weighted by Crippen LogP contribution is -2.28. The molecular weight excluding hydrogens is 220 g/mol. The molecule has 1 rings (SSSR count). The summed E-state index contributed by atoms with van der Waals surface area (Å²) in [6.07, 6.45) is 1.64. The van der Waals surface area contributed by atoms with Crippen LogP contribution in [0.1, 0.15) is 13.8 Å². The Hall–Kier alpha value is -1.85. The summed E-state index contributed by atoms with van der Waals surface area (Å²) in [7, 11) is 3.71. The number of nitrogens with zero attached hydrogens (tertiary/aromatic N) is 3. The van der Waals surface area contributed by atoms with Gasteiger partial charge in [-0.15, -0.1) is 0 Å². The van der Waals surface area contributed by atoms with Crippen molar-refractivity contribution < 1.29 is 9.53 Å². The molecule has 0 fully saturated rings. The summed E-state index contributed by atoms with van der Waals surface area (Å²) >= 11 is 0. The van der Waals surface area contributed by atoms with E-state index in [1.54, 1.807) is 31.0 Å². The summed E-state index contributed by atoms with van der Waals surface area (Å²) in [4.78, 5) is 21.6. The fraction of sp³-hybridized carbons (Fsp3) is 0.545. The Balaban J connectivity index is 2.68. The Morgan fingerprint density at radius 3 is 2.88 bits per heavy atom. The van der Waals surface area contributed by atoms with E-state index in [0.29, 0.717) is 18.4 Å². The highest BCUT2D eigenvalue weighted by Gasteiger charge is 2.14. The molecular formula is C11H18N4O2. The first-order valence-electron chi connectivity index (χ1n) is 5.48. The lowest BCUT2D eigenvalue weighted by molar-refractivity contribution is -0.143. The monoisotopic (exact) mass is 238 g/mol. The van der Waals surface area contributed by atoms with Crippen LogP contribution in [0.15, 0.2) is 12.3 Å². The second-order valence-corrected chi connectivity index (χ2v) is 3.75. The molecule has 1 aromatic rings. The molecule has 0 radical (unpaired) electrons. The second kappa shape index (κ2) is 6.03. The van der Waals surface area contributed by atoms with Crippen molar-refractivity contribution in [2.45, 2.75) is 19.9 Å². The van der Waals surface area contributed by atoms with Crippen LogP contribution in [0, 0.1) is 0 Å². The van der Waals surface area contributed by atoms with Gasteiger partial charge in [0, 0.05) is 20.3 Å². The number of hydrogen-bond donors (Lipinski definition) is 1. The van der Waals surface area contributed by atoms with Crippen LogP contribution < -0.4 is 10.2 Å². The molecule has 1 heterocycles. The van der Waals surface area contributed by atoms with Crippen LogP contribution in [-0.4, -0.2) is 42.7 Å². The highest BCUT2D eigenvalue weighted by molar-refractivity contribution is 5.78. The predicted molar refractivity (Wildman–Crippen MR) is 66.1 cm³/mol. The topological polar surface area (TPSA) is 67.3 Å². The van der Waals surface area contributed by atoms with Crippen molar-refractivity contribution in [1.82, 2.24) is 9.97 Å². The van der Waals surface area contributed by atoms with Crippen LogP contribution in [0.2, 0.25) is 0 Å². The third-order valence-electron chi connectivity index (χ3n) is 2.05. The first kappa shape index (κ1) is 13.2. The SMILES string of the molecule is CCOC(=O)C(C)Nc1ccnc(N(C)C)n1. The fourth-order valence-corrected chi connectivity index (χ4v) is 1.19. The molecule has 1 aromatic heterocycles. The summed E-state index contributed by atoms with van der Waals surface area (Å²) in [6, 6.07) is 1.28. The number of nitrogens with one attached hydrogen (secondary N) is 1. The Morgan fingerprint density at radius 2 is 2.29 bits per heavy atom. The van der Waals surface area contributed by atoms with Crippen LogP contribution in [0.4, 0.5) is 11.8 Å². The minimum Gasteiger partial charge on any atom is -0.464 e. The van der Waals surface area contributed by atoms with Crippen molar-refractivity contribution in [1.29, 1.82) is 0 Å². The molecule has 1 N–H and O–H groups in total. The summed E-state index contributed by atoms with van der Waals surface area (Å²) < 4.78 is 4.90. The Bertz CT molecular complexity index is 381. The van der Waals surface area contributed by atoms with Gasteiger partial charge in [0.2, 0.25) is 5.95 Å². The summed E-state index contributed by atoms with van der Waals surface area (Å²) in [6.45, 7) is 3.88. The molecule has 0 aliphatic carbocycles. The number of ether oxygens (including phenoxy) is 1. The average Bonchev–Trinajstić information content (AvgIpc) is 2.29. The Morgan fingerprint density at radius 1 is 1.59 bits per heavy atom. The lowest BCUT2D eigenvalue weighted by Gasteiger charge is -2.15. The zero-order valence-corrected chi connectivity index (χ0v) is 10.6. The lowest BCUT2D eigenvalue weighted by atomic mass is 10.3. The molecule has 0 amide bonds. The maximum absolute atomic E-state index is 11.4. The van der Waals surface area contributed by atoms with Crippen LogP contribution in [0.5, 0.6) is 0 Å². The third-order valence-corrected chi connectivity index (χ3v) is 2.05. The van der Waals surface area contributed by atoms with Crippen molar-refractivity contribution in [3.05, 3.63) is 12.3 Å². The van der Waals surface area contributed by atoms with E-state index in [-0.39, 0.29) is 5.97 Å². The summed E-state index contributed by atoms with van der Waals surface area (Å²) in [5.74, 6) is 0.896. The molecule has 94 valence electrons. The van der Waals surface area contributed by atoms with Gasteiger partial charge in [-0.25, -0.2) is 9.78 Å². The molecule has 0 bridgehead atoms. The van der Waals surface area contributed by atoms with Gasteiger partial charge < -0.3 is 15.0 Å². The third kappa shape index (κ3) is 3.90. The molecule has 0 spiro atoms. The highest BCUT2D eigenvalue weighted by Crippen LogP contribution is 2.09. The summed E-state index contributed by atoms with van der Waals surface area (Å²) in [5, 5.41) is 2.97. The van der Waals surface area contributed by atoms with Crippen molar-refractivity contribution in [3.63, 3.8) is 0 Å². The predicted octanol–water partition coefficient (Wildman–Crippen LogP) is 0.906. The van der Waals surface area contributed by atoms with Crippen molar-refractivity contribution in [3.8, 4) is 0 Å². The van der Waals surface area contributed by atoms with Gasteiger partial charge in [-0.3, -0.25) is 0 Å². The van der Waals surface area contributed by atoms with E-state index in [0.717, 1.165) is 0 Å². The quantitative estimate of drug-likeness (QED) is 0.769. The number of rotatable bonds is 5. The van der Waals surface area contributed by atoms with Gasteiger partial charge in [0.15, 0.2) is 0 Å². The van der Waals surface area contributed by atoms with Crippen molar-refractivity contribution >= 4 is 17.7 Å². The Kier molecular flexibility index (Phi) is 4.68. The molecule has 6 nitrogen and oxygen atoms in total. The number of hydrogen-bond acceptors (Lipinski definition) is 6. The van der Waals surface area contributed by atoms with E-state index in [2.05, 4.69) is 15.3 Å². The highest BCUT2D eigenvalue weighted by atomic mass is 16.5. The minimum absolute atomic E-state index is 0.294. The molecule has 0 aliphatic rings. The number of carbonyl (C=O) groups excluding carboxylic acids is 1. The van der Waals surface area contributed by atoms with Gasteiger partial charge in [0.25, 0.3) is 0 Å². The molecule has 0 saturated heterocycles. The largest absolute Gasteiger partial charge is 0.464 e. The molecule has 0 aromatic carbocycles. The molecule has 0 saturated carbocycles. The van der Waals surface area contributed by atoms with Crippen LogP contribution in [0.3, 0.4) is 0 Å². The molecule has 1 unspecified atom stereocenters. The van der Waals surface area contributed by atoms with E-state index >= 15 is 0 Å². The van der Waals surface area contributed by atoms with Crippen LogP contribution in [-0.2, 0) is 9.53 Å². The standard InChI is InChI=1S/C11H18N4O2/c1-5-17-10(16)8(2)13-9-6-7-12-11(14-9)15(3)4/h6-8H,5H2,1-4H3,(H,12,13,14). The zero-order chi connectivity index (χ0) is 12.8. The maximum Gasteiger partial charge on any atom is 0.328 e. The van der Waals surface area contributed by atoms with E-state index in [1.165, 1.54) is 0 Å². The van der Waals surface area contributed by atoms with Gasteiger partial charge in [-0.05, 0) is 19.9 Å². The molecule has 0 aliphatic heterocycles. The number of esters is 1. The number of carbonyl (C=O) groups is 1. The number of aromatic nitrogens is 2. The average molecular weight is 238 g/mol. The van der Waals surface area contributed by atoms with E-state index in [1.807, 2.05) is 14.1 Å².